The zero-order valence-electron chi connectivity index (χ0n) is 13.6. The molecule has 1 atom stereocenters. The summed E-state index contributed by atoms with van der Waals surface area (Å²) in [4.78, 5) is 13.1. The molecule has 2 rings (SSSR count). The summed E-state index contributed by atoms with van der Waals surface area (Å²) in [6, 6.07) is 16.8. The number of carbonyl (C=O) groups is 1. The van der Waals surface area contributed by atoms with E-state index in [-0.39, 0.29) is 12.3 Å². The van der Waals surface area contributed by atoms with E-state index in [0.29, 0.717) is 18.7 Å². The average Bonchev–Trinajstić information content (AvgIpc) is 2.58. The van der Waals surface area contributed by atoms with Gasteiger partial charge >= 0.3 is 0 Å². The molecule has 124 valence electrons. The zero-order valence-corrected chi connectivity index (χ0v) is 13.6. The maximum atomic E-state index is 11.1. The maximum Gasteiger partial charge on any atom is 0.219 e. The van der Waals surface area contributed by atoms with Crippen LogP contribution in [-0.2, 0) is 4.79 Å². The van der Waals surface area contributed by atoms with Crippen LogP contribution in [0, 0.1) is 18.3 Å². The minimum Gasteiger partial charge on any atom is -0.387 e. The lowest BCUT2D eigenvalue weighted by Gasteiger charge is -2.27. The summed E-state index contributed by atoms with van der Waals surface area (Å²) in [5, 5.41) is 19.4. The summed E-state index contributed by atoms with van der Waals surface area (Å²) >= 11 is 0. The molecule has 24 heavy (non-hydrogen) atoms. The number of aryl methyl sites for hydroxylation is 1. The molecule has 0 saturated carbocycles. The lowest BCUT2D eigenvalue weighted by Crippen LogP contribution is -2.32. The van der Waals surface area contributed by atoms with Gasteiger partial charge in [-0.2, -0.15) is 5.26 Å². The van der Waals surface area contributed by atoms with E-state index in [1.54, 1.807) is 24.3 Å². The van der Waals surface area contributed by atoms with E-state index in [2.05, 4.69) is 6.07 Å². The number of carbonyl (C=O) groups excluding carboxylic acids is 1. The summed E-state index contributed by atoms with van der Waals surface area (Å²) in [5.41, 5.74) is 8.58. The van der Waals surface area contributed by atoms with Crippen LogP contribution in [0.5, 0.6) is 0 Å². The molecule has 0 radical (unpaired) electrons. The number of hydrogen-bond donors (Lipinski definition) is 2. The van der Waals surface area contributed by atoms with Gasteiger partial charge in [-0.25, -0.2) is 0 Å². The largest absolute Gasteiger partial charge is 0.387 e. The Morgan fingerprint density at radius 2 is 2.00 bits per heavy atom. The molecule has 5 nitrogen and oxygen atoms in total. The topological polar surface area (TPSA) is 90.3 Å². The molecule has 0 heterocycles. The van der Waals surface area contributed by atoms with E-state index >= 15 is 0 Å². The van der Waals surface area contributed by atoms with Gasteiger partial charge in [-0.15, -0.1) is 0 Å². The van der Waals surface area contributed by atoms with Crippen LogP contribution in [0.1, 0.15) is 29.2 Å². The van der Waals surface area contributed by atoms with E-state index in [4.69, 9.17) is 11.0 Å². The second kappa shape index (κ2) is 8.14. The van der Waals surface area contributed by atoms with Crippen LogP contribution >= 0.6 is 0 Å². The number of amides is 1. The molecular formula is C19H21N3O2. The highest BCUT2D eigenvalue weighted by molar-refractivity contribution is 5.74. The van der Waals surface area contributed by atoms with Crippen molar-refractivity contribution in [1.82, 2.24) is 0 Å². The van der Waals surface area contributed by atoms with E-state index in [1.165, 1.54) is 0 Å². The van der Waals surface area contributed by atoms with Crippen LogP contribution in [0.25, 0.3) is 0 Å². The highest BCUT2D eigenvalue weighted by Crippen LogP contribution is 2.21. The van der Waals surface area contributed by atoms with Crippen LogP contribution < -0.4 is 10.6 Å². The highest BCUT2D eigenvalue weighted by Gasteiger charge is 2.15. The van der Waals surface area contributed by atoms with Crippen molar-refractivity contribution in [2.75, 3.05) is 18.0 Å². The van der Waals surface area contributed by atoms with E-state index in [1.807, 2.05) is 36.1 Å². The molecule has 1 amide bonds. The zero-order chi connectivity index (χ0) is 17.5. The van der Waals surface area contributed by atoms with Gasteiger partial charge in [0.15, 0.2) is 0 Å². The minimum absolute atomic E-state index is 0.216. The SMILES string of the molecule is Cc1cccc(N(CCC(N)=O)CC(O)c2ccc(C#N)cc2)c1. The van der Waals surface area contributed by atoms with Crippen molar-refractivity contribution in [3.8, 4) is 6.07 Å². The molecule has 2 aromatic rings. The number of nitriles is 1. The molecule has 0 aliphatic carbocycles. The quantitative estimate of drug-likeness (QED) is 0.818. The summed E-state index contributed by atoms with van der Waals surface area (Å²) in [6.07, 6.45) is -0.514. The molecule has 2 aromatic carbocycles. The third kappa shape index (κ3) is 4.83. The molecule has 0 fully saturated rings. The molecule has 3 N–H and O–H groups in total. The Balaban J connectivity index is 2.16. The van der Waals surface area contributed by atoms with Gasteiger partial charge in [-0.1, -0.05) is 24.3 Å². The van der Waals surface area contributed by atoms with Crippen LogP contribution in [0.2, 0.25) is 0 Å². The Bertz CT molecular complexity index is 735. The number of benzene rings is 2. The van der Waals surface area contributed by atoms with Gasteiger partial charge in [0.1, 0.15) is 0 Å². The second-order valence-electron chi connectivity index (χ2n) is 5.75. The predicted molar refractivity (Wildman–Crippen MR) is 93.3 cm³/mol. The number of anilines is 1. The van der Waals surface area contributed by atoms with Crippen LogP contribution in [0.4, 0.5) is 5.69 Å². The summed E-state index contributed by atoms with van der Waals surface area (Å²) in [7, 11) is 0. The Labute approximate surface area is 141 Å². The molecule has 0 aliphatic rings. The molecule has 0 aliphatic heterocycles. The average molecular weight is 323 g/mol. The predicted octanol–water partition coefficient (Wildman–Crippen LogP) is 2.28. The van der Waals surface area contributed by atoms with Gasteiger partial charge in [0.05, 0.1) is 17.7 Å². The van der Waals surface area contributed by atoms with E-state index in [0.717, 1.165) is 16.8 Å². The van der Waals surface area contributed by atoms with Crippen molar-refractivity contribution >= 4 is 11.6 Å². The first-order chi connectivity index (χ1) is 11.5. The highest BCUT2D eigenvalue weighted by atomic mass is 16.3. The number of primary amides is 1. The molecular weight excluding hydrogens is 302 g/mol. The van der Waals surface area contributed by atoms with Crippen molar-refractivity contribution in [2.24, 2.45) is 5.73 Å². The lowest BCUT2D eigenvalue weighted by atomic mass is 10.1. The van der Waals surface area contributed by atoms with Crippen LogP contribution in [0.3, 0.4) is 0 Å². The molecule has 5 heteroatoms. The summed E-state index contributed by atoms with van der Waals surface area (Å²) < 4.78 is 0. The fourth-order valence-corrected chi connectivity index (χ4v) is 2.49. The van der Waals surface area contributed by atoms with Crippen molar-refractivity contribution in [3.05, 3.63) is 65.2 Å². The minimum atomic E-state index is -0.730. The normalized spacial score (nSPS) is 11.5. The number of rotatable bonds is 7. The van der Waals surface area contributed by atoms with Crippen molar-refractivity contribution in [3.63, 3.8) is 0 Å². The first-order valence-electron chi connectivity index (χ1n) is 7.77. The monoisotopic (exact) mass is 323 g/mol. The van der Waals surface area contributed by atoms with Crippen molar-refractivity contribution in [2.45, 2.75) is 19.4 Å². The van der Waals surface area contributed by atoms with Gasteiger partial charge in [0, 0.05) is 25.2 Å². The van der Waals surface area contributed by atoms with Gasteiger partial charge in [-0.05, 0) is 42.3 Å². The molecule has 0 saturated heterocycles. The Morgan fingerprint density at radius 3 is 2.58 bits per heavy atom. The van der Waals surface area contributed by atoms with Gasteiger partial charge in [0.25, 0.3) is 0 Å². The standard InChI is InChI=1S/C19H21N3O2/c1-14-3-2-4-17(11-14)22(10-9-19(21)24)13-18(23)16-7-5-15(12-20)6-8-16/h2-8,11,18,23H,9-10,13H2,1H3,(H2,21,24). The fourth-order valence-electron chi connectivity index (χ4n) is 2.49. The number of aliphatic hydroxyl groups is 1. The van der Waals surface area contributed by atoms with Crippen LogP contribution in [0.15, 0.2) is 48.5 Å². The first kappa shape index (κ1) is 17.5. The molecule has 1 unspecified atom stereocenters. The smallest absolute Gasteiger partial charge is 0.219 e. The van der Waals surface area contributed by atoms with Crippen molar-refractivity contribution < 1.29 is 9.90 Å². The van der Waals surface area contributed by atoms with Gasteiger partial charge < -0.3 is 15.7 Å². The molecule has 0 aromatic heterocycles. The second-order valence-corrected chi connectivity index (χ2v) is 5.75. The van der Waals surface area contributed by atoms with Gasteiger partial charge in [0.2, 0.25) is 5.91 Å². The third-order valence-electron chi connectivity index (χ3n) is 3.81. The lowest BCUT2D eigenvalue weighted by molar-refractivity contribution is -0.117. The summed E-state index contributed by atoms with van der Waals surface area (Å²) in [5.74, 6) is -0.375. The maximum absolute atomic E-state index is 11.1. The van der Waals surface area contributed by atoms with Crippen molar-refractivity contribution in [1.29, 1.82) is 5.26 Å². The molecule has 0 spiro atoms. The first-order valence-corrected chi connectivity index (χ1v) is 7.77. The fraction of sp³-hybridized carbons (Fsp3) is 0.263. The Hall–Kier alpha value is -2.84. The number of nitrogens with zero attached hydrogens (tertiary/aromatic N) is 2. The third-order valence-corrected chi connectivity index (χ3v) is 3.81. The van der Waals surface area contributed by atoms with E-state index in [9.17, 15) is 9.90 Å². The number of hydrogen-bond acceptors (Lipinski definition) is 4. The summed E-state index contributed by atoms with van der Waals surface area (Å²) in [6.45, 7) is 2.77. The van der Waals surface area contributed by atoms with Crippen LogP contribution in [-0.4, -0.2) is 24.1 Å². The number of aliphatic hydroxyl groups excluding tert-OH is 1. The Kier molecular flexibility index (Phi) is 5.94. The molecule has 0 bridgehead atoms. The van der Waals surface area contributed by atoms with E-state index < -0.39 is 6.10 Å². The number of nitrogens with two attached hydrogens (primary N) is 1. The van der Waals surface area contributed by atoms with Gasteiger partial charge in [-0.3, -0.25) is 4.79 Å². The Morgan fingerprint density at radius 1 is 1.29 bits per heavy atom.